The van der Waals surface area contributed by atoms with E-state index in [0.29, 0.717) is 0 Å². The van der Waals surface area contributed by atoms with Gasteiger partial charge in [0.15, 0.2) is 0 Å². The fourth-order valence-corrected chi connectivity index (χ4v) is 1.04. The topological polar surface area (TPSA) is 0 Å². The first kappa shape index (κ1) is 13.2. The standard InChI is InChI=1S/C14H23/c1-6-13(4)10-11-14(5)9-7-8-12(2)3/h6,8,10-11H,7,9H2,1-5H3. The quantitative estimate of drug-likeness (QED) is 0.430. The molecular weight excluding hydrogens is 168 g/mol. The minimum Gasteiger partial charge on any atom is -0.0856 e. The van der Waals surface area contributed by atoms with Gasteiger partial charge in [-0.3, -0.25) is 0 Å². The van der Waals surface area contributed by atoms with Crippen molar-refractivity contribution in [1.82, 2.24) is 0 Å². The van der Waals surface area contributed by atoms with E-state index in [4.69, 9.17) is 0 Å². The SMILES string of the molecule is C[CH]C(C)=CC=C(C)CCC=C(C)C. The van der Waals surface area contributed by atoms with Crippen molar-refractivity contribution in [2.45, 2.75) is 47.5 Å². The van der Waals surface area contributed by atoms with Crippen LogP contribution in [0, 0.1) is 6.42 Å². The molecule has 0 bridgehead atoms. The highest BCUT2D eigenvalue weighted by molar-refractivity contribution is 5.20. The maximum atomic E-state index is 2.29. The summed E-state index contributed by atoms with van der Waals surface area (Å²) in [4.78, 5) is 0. The van der Waals surface area contributed by atoms with Gasteiger partial charge in [-0.1, -0.05) is 41.9 Å². The molecule has 0 atom stereocenters. The van der Waals surface area contributed by atoms with Gasteiger partial charge in [0, 0.05) is 0 Å². The summed E-state index contributed by atoms with van der Waals surface area (Å²) in [6, 6.07) is 0. The largest absolute Gasteiger partial charge is 0.0856 e. The van der Waals surface area contributed by atoms with Crippen LogP contribution in [-0.4, -0.2) is 0 Å². The average Bonchev–Trinajstić information content (AvgIpc) is 2.13. The van der Waals surface area contributed by atoms with E-state index in [1.165, 1.54) is 23.1 Å². The second-order valence-corrected chi connectivity index (χ2v) is 4.03. The van der Waals surface area contributed by atoms with E-state index >= 15 is 0 Å². The van der Waals surface area contributed by atoms with Crippen LogP contribution in [0.15, 0.2) is 34.9 Å². The van der Waals surface area contributed by atoms with E-state index in [9.17, 15) is 0 Å². The van der Waals surface area contributed by atoms with Crippen LogP contribution in [0.1, 0.15) is 47.5 Å². The lowest BCUT2D eigenvalue weighted by molar-refractivity contribution is 0.967. The summed E-state index contributed by atoms with van der Waals surface area (Å²) in [7, 11) is 0. The molecule has 0 heteroatoms. The number of hydrogen-bond donors (Lipinski definition) is 0. The van der Waals surface area contributed by atoms with Gasteiger partial charge in [0.05, 0.1) is 0 Å². The molecule has 0 saturated carbocycles. The smallest absolute Gasteiger partial charge is 0.0168 e. The summed E-state index contributed by atoms with van der Waals surface area (Å²) in [6.07, 6.45) is 11.1. The molecule has 0 aliphatic rings. The predicted molar refractivity (Wildman–Crippen MR) is 66.2 cm³/mol. The first-order chi connectivity index (χ1) is 6.56. The lowest BCUT2D eigenvalue weighted by Crippen LogP contribution is -1.77. The average molecular weight is 191 g/mol. The van der Waals surface area contributed by atoms with E-state index in [1.54, 1.807) is 0 Å². The number of allylic oxidation sites excluding steroid dienone is 6. The van der Waals surface area contributed by atoms with Crippen LogP contribution in [0.5, 0.6) is 0 Å². The summed E-state index contributed by atoms with van der Waals surface area (Å²) >= 11 is 0. The highest BCUT2D eigenvalue weighted by Gasteiger charge is 1.87. The van der Waals surface area contributed by atoms with Gasteiger partial charge in [-0.15, -0.1) is 0 Å². The Morgan fingerprint density at radius 1 is 1.00 bits per heavy atom. The molecular formula is C14H23. The predicted octanol–water partition coefficient (Wildman–Crippen LogP) is 4.85. The van der Waals surface area contributed by atoms with Gasteiger partial charge in [0.2, 0.25) is 0 Å². The third-order valence-corrected chi connectivity index (χ3v) is 2.18. The zero-order chi connectivity index (χ0) is 11.0. The highest BCUT2D eigenvalue weighted by atomic mass is 13.9. The van der Waals surface area contributed by atoms with E-state index in [1.807, 2.05) is 0 Å². The molecule has 0 heterocycles. The molecule has 0 aromatic carbocycles. The van der Waals surface area contributed by atoms with Crippen LogP contribution in [0.2, 0.25) is 0 Å². The van der Waals surface area contributed by atoms with Gasteiger partial charge in [0.1, 0.15) is 0 Å². The van der Waals surface area contributed by atoms with Gasteiger partial charge in [-0.2, -0.15) is 0 Å². The van der Waals surface area contributed by atoms with E-state index in [-0.39, 0.29) is 0 Å². The van der Waals surface area contributed by atoms with Gasteiger partial charge in [0.25, 0.3) is 0 Å². The number of rotatable bonds is 5. The molecule has 1 radical (unpaired) electrons. The highest BCUT2D eigenvalue weighted by Crippen LogP contribution is 2.08. The fourth-order valence-electron chi connectivity index (χ4n) is 1.04. The lowest BCUT2D eigenvalue weighted by atomic mass is 10.1. The molecule has 0 N–H and O–H groups in total. The van der Waals surface area contributed by atoms with Crippen molar-refractivity contribution in [3.05, 3.63) is 41.4 Å². The summed E-state index contributed by atoms with van der Waals surface area (Å²) in [6.45, 7) is 10.7. The molecule has 0 unspecified atom stereocenters. The Labute approximate surface area is 89.4 Å². The van der Waals surface area contributed by atoms with Crippen LogP contribution < -0.4 is 0 Å². The zero-order valence-electron chi connectivity index (χ0n) is 10.2. The van der Waals surface area contributed by atoms with Crippen molar-refractivity contribution in [2.24, 2.45) is 0 Å². The Morgan fingerprint density at radius 2 is 1.64 bits per heavy atom. The third-order valence-electron chi connectivity index (χ3n) is 2.18. The summed E-state index contributed by atoms with van der Waals surface area (Å²) in [5.41, 5.74) is 4.18. The fraction of sp³-hybridized carbons (Fsp3) is 0.500. The molecule has 0 fully saturated rings. The maximum Gasteiger partial charge on any atom is -0.0168 e. The van der Waals surface area contributed by atoms with Gasteiger partial charge in [-0.25, -0.2) is 0 Å². The molecule has 0 nitrogen and oxygen atoms in total. The van der Waals surface area contributed by atoms with Crippen LogP contribution in [0.4, 0.5) is 0 Å². The minimum atomic E-state index is 1.16. The first-order valence-corrected chi connectivity index (χ1v) is 5.33. The van der Waals surface area contributed by atoms with Crippen LogP contribution >= 0.6 is 0 Å². The molecule has 79 valence electrons. The van der Waals surface area contributed by atoms with Crippen molar-refractivity contribution in [1.29, 1.82) is 0 Å². The molecule has 0 amide bonds. The van der Waals surface area contributed by atoms with Crippen molar-refractivity contribution >= 4 is 0 Å². The van der Waals surface area contributed by atoms with Gasteiger partial charge in [-0.05, 0) is 47.0 Å². The Bertz CT molecular complexity index is 235. The monoisotopic (exact) mass is 191 g/mol. The second kappa shape index (κ2) is 7.61. The van der Waals surface area contributed by atoms with E-state index < -0.39 is 0 Å². The van der Waals surface area contributed by atoms with Crippen molar-refractivity contribution < 1.29 is 0 Å². The molecule has 14 heavy (non-hydrogen) atoms. The molecule has 0 aliphatic heterocycles. The van der Waals surface area contributed by atoms with Gasteiger partial charge < -0.3 is 0 Å². The molecule has 0 saturated heterocycles. The third kappa shape index (κ3) is 7.85. The molecule has 0 spiro atoms. The molecule has 0 rings (SSSR count). The van der Waals surface area contributed by atoms with Crippen LogP contribution in [0.3, 0.4) is 0 Å². The maximum absolute atomic E-state index is 2.29. The molecule has 0 aromatic rings. The first-order valence-electron chi connectivity index (χ1n) is 5.33. The lowest BCUT2D eigenvalue weighted by Gasteiger charge is -1.97. The second-order valence-electron chi connectivity index (χ2n) is 4.03. The Balaban J connectivity index is 3.96. The van der Waals surface area contributed by atoms with Crippen LogP contribution in [-0.2, 0) is 0 Å². The van der Waals surface area contributed by atoms with Crippen LogP contribution in [0.25, 0.3) is 0 Å². The normalized spacial score (nSPS) is 12.9. The van der Waals surface area contributed by atoms with Crippen molar-refractivity contribution in [2.75, 3.05) is 0 Å². The number of hydrogen-bond acceptors (Lipinski definition) is 0. The minimum absolute atomic E-state index is 1.16. The Morgan fingerprint density at radius 3 is 2.14 bits per heavy atom. The Hall–Kier alpha value is -0.780. The van der Waals surface area contributed by atoms with Crippen molar-refractivity contribution in [3.8, 4) is 0 Å². The molecule has 0 aromatic heterocycles. The molecule has 0 aliphatic carbocycles. The summed E-state index contributed by atoms with van der Waals surface area (Å²) < 4.78 is 0. The van der Waals surface area contributed by atoms with E-state index in [0.717, 1.165) is 6.42 Å². The van der Waals surface area contributed by atoms with Gasteiger partial charge >= 0.3 is 0 Å². The van der Waals surface area contributed by atoms with Crippen molar-refractivity contribution in [3.63, 3.8) is 0 Å². The zero-order valence-corrected chi connectivity index (χ0v) is 10.2. The Kier molecular flexibility index (Phi) is 7.18. The summed E-state index contributed by atoms with van der Waals surface area (Å²) in [5, 5.41) is 0. The summed E-state index contributed by atoms with van der Waals surface area (Å²) in [5.74, 6) is 0. The van der Waals surface area contributed by atoms with E-state index in [2.05, 4.69) is 59.3 Å².